The number of sulfonamides is 1. The van der Waals surface area contributed by atoms with E-state index < -0.39 is 44.2 Å². The predicted octanol–water partition coefficient (Wildman–Crippen LogP) is 2.90. The van der Waals surface area contributed by atoms with Gasteiger partial charge in [0.2, 0.25) is 10.0 Å². The maximum absolute atomic E-state index is 14.5. The molecular weight excluding hydrogens is 376 g/mol. The van der Waals surface area contributed by atoms with Gasteiger partial charge in [0.05, 0.1) is 5.02 Å². The third kappa shape index (κ3) is 4.17. The third-order valence-electron chi connectivity index (χ3n) is 3.16. The monoisotopic (exact) mass is 391 g/mol. The lowest BCUT2D eigenvalue weighted by Gasteiger charge is -2.08. The van der Waals surface area contributed by atoms with E-state index in [-0.39, 0.29) is 10.7 Å². The molecule has 2 N–H and O–H groups in total. The molecule has 0 spiro atoms. The Kier molecular flexibility index (Phi) is 5.50. The molecule has 0 aliphatic carbocycles. The number of halogens is 3. The second-order valence-electron chi connectivity index (χ2n) is 5.63. The van der Waals surface area contributed by atoms with E-state index in [2.05, 4.69) is 10.0 Å². The van der Waals surface area contributed by atoms with E-state index in [9.17, 15) is 22.0 Å². The van der Waals surface area contributed by atoms with E-state index in [0.717, 1.165) is 22.9 Å². The van der Waals surface area contributed by atoms with E-state index in [0.29, 0.717) is 0 Å². The molecule has 0 saturated heterocycles. The van der Waals surface area contributed by atoms with Gasteiger partial charge >= 0.3 is 0 Å². The molecule has 2 rings (SSSR count). The highest BCUT2D eigenvalue weighted by Crippen LogP contribution is 2.23. The second-order valence-corrected chi connectivity index (χ2v) is 7.72. The Morgan fingerprint density at radius 1 is 1.28 bits per heavy atom. The van der Waals surface area contributed by atoms with Crippen LogP contribution in [0.2, 0.25) is 5.02 Å². The van der Waals surface area contributed by atoms with Crippen molar-refractivity contribution < 1.29 is 22.0 Å². The van der Waals surface area contributed by atoms with Crippen LogP contribution in [0, 0.1) is 11.6 Å². The summed E-state index contributed by atoms with van der Waals surface area (Å²) in [7, 11) is -2.77. The Bertz CT molecular complexity index is 926. The average molecular weight is 392 g/mol. The van der Waals surface area contributed by atoms with E-state index in [4.69, 9.17) is 11.6 Å². The molecule has 0 aliphatic rings. The third-order valence-corrected chi connectivity index (χ3v) is 5.10. The van der Waals surface area contributed by atoms with Crippen LogP contribution in [0.3, 0.4) is 0 Å². The molecule has 1 aromatic heterocycles. The molecule has 0 unspecified atom stereocenters. The lowest BCUT2D eigenvalue weighted by Crippen LogP contribution is -2.30. The Hall–Kier alpha value is -1.97. The molecule has 6 nitrogen and oxygen atoms in total. The van der Waals surface area contributed by atoms with Crippen LogP contribution in [-0.4, -0.2) is 24.9 Å². The van der Waals surface area contributed by atoms with Gasteiger partial charge in [0, 0.05) is 25.0 Å². The first-order valence-electron chi connectivity index (χ1n) is 7.16. The summed E-state index contributed by atoms with van der Waals surface area (Å²) in [5.74, 6) is -2.74. The largest absolute Gasteiger partial charge is 0.343 e. The van der Waals surface area contributed by atoms with Crippen molar-refractivity contribution >= 4 is 33.2 Å². The molecule has 10 heteroatoms. The molecule has 136 valence electrons. The number of aryl methyl sites for hydroxylation is 1. The summed E-state index contributed by atoms with van der Waals surface area (Å²) in [6.45, 7) is 3.18. The number of anilines is 1. The highest BCUT2D eigenvalue weighted by Gasteiger charge is 2.29. The van der Waals surface area contributed by atoms with Crippen LogP contribution in [-0.2, 0) is 17.1 Å². The summed E-state index contributed by atoms with van der Waals surface area (Å²) in [5.41, 5.74) is -0.341. The summed E-state index contributed by atoms with van der Waals surface area (Å²) < 4.78 is 55.3. The minimum absolute atomic E-state index is 0.140. The summed E-state index contributed by atoms with van der Waals surface area (Å²) >= 11 is 5.63. The highest BCUT2D eigenvalue weighted by atomic mass is 35.5. The summed E-state index contributed by atoms with van der Waals surface area (Å²) in [6, 6.07) is 3.01. The second kappa shape index (κ2) is 7.11. The number of amides is 1. The number of hydrogen-bond acceptors (Lipinski definition) is 3. The van der Waals surface area contributed by atoms with E-state index in [1.54, 1.807) is 13.8 Å². The van der Waals surface area contributed by atoms with E-state index >= 15 is 0 Å². The van der Waals surface area contributed by atoms with Crippen LogP contribution in [0.5, 0.6) is 0 Å². The minimum Gasteiger partial charge on any atom is -0.343 e. The van der Waals surface area contributed by atoms with Gasteiger partial charge in [-0.3, -0.25) is 4.79 Å². The van der Waals surface area contributed by atoms with Gasteiger partial charge < -0.3 is 9.88 Å². The Morgan fingerprint density at radius 3 is 2.48 bits per heavy atom. The molecule has 25 heavy (non-hydrogen) atoms. The van der Waals surface area contributed by atoms with E-state index in [1.165, 1.54) is 13.1 Å². The van der Waals surface area contributed by atoms with Gasteiger partial charge in [-0.15, -0.1) is 0 Å². The number of aromatic nitrogens is 1. The van der Waals surface area contributed by atoms with Crippen molar-refractivity contribution in [3.05, 3.63) is 46.7 Å². The van der Waals surface area contributed by atoms with Gasteiger partial charge in [0.25, 0.3) is 5.91 Å². The molecule has 1 aromatic carbocycles. The standard InChI is InChI=1S/C15H16ClF2N3O3S/c1-8(2)20-25(23,24)12-7-21(3)14(13(12)18)15(22)19-9-4-5-11(17)10(16)6-9/h4-8,20H,1-3H3,(H,19,22). The molecule has 0 aliphatic heterocycles. The molecule has 2 aromatic rings. The van der Waals surface area contributed by atoms with Crippen molar-refractivity contribution in [1.29, 1.82) is 0 Å². The normalized spacial score (nSPS) is 11.8. The average Bonchev–Trinajstić information content (AvgIpc) is 2.77. The van der Waals surface area contributed by atoms with Crippen molar-refractivity contribution in [1.82, 2.24) is 9.29 Å². The molecule has 1 amide bonds. The van der Waals surface area contributed by atoms with Crippen molar-refractivity contribution in [3.63, 3.8) is 0 Å². The van der Waals surface area contributed by atoms with Crippen molar-refractivity contribution in [3.8, 4) is 0 Å². The summed E-state index contributed by atoms with van der Waals surface area (Å²) in [4.78, 5) is 11.7. The first-order valence-corrected chi connectivity index (χ1v) is 9.02. The molecule has 0 bridgehead atoms. The van der Waals surface area contributed by atoms with Crippen LogP contribution in [0.4, 0.5) is 14.5 Å². The Balaban J connectivity index is 2.36. The van der Waals surface area contributed by atoms with Crippen molar-refractivity contribution in [2.24, 2.45) is 7.05 Å². The smallest absolute Gasteiger partial charge is 0.275 e. The number of carbonyl (C=O) groups is 1. The highest BCUT2D eigenvalue weighted by molar-refractivity contribution is 7.89. The lowest BCUT2D eigenvalue weighted by molar-refractivity contribution is 0.101. The van der Waals surface area contributed by atoms with Gasteiger partial charge in [-0.2, -0.15) is 0 Å². The zero-order valence-corrected chi connectivity index (χ0v) is 15.2. The van der Waals surface area contributed by atoms with Crippen LogP contribution >= 0.6 is 11.6 Å². The molecule has 0 saturated carbocycles. The van der Waals surface area contributed by atoms with Gasteiger partial charge in [-0.25, -0.2) is 21.9 Å². The predicted molar refractivity (Wildman–Crippen MR) is 90.2 cm³/mol. The number of nitrogens with one attached hydrogen (secondary N) is 2. The minimum atomic E-state index is -4.11. The van der Waals surface area contributed by atoms with Crippen LogP contribution in [0.25, 0.3) is 0 Å². The molecule has 1 heterocycles. The lowest BCUT2D eigenvalue weighted by atomic mass is 10.3. The first kappa shape index (κ1) is 19.4. The number of nitrogens with zero attached hydrogens (tertiary/aromatic N) is 1. The van der Waals surface area contributed by atoms with Gasteiger partial charge in [-0.1, -0.05) is 11.6 Å². The molecule has 0 fully saturated rings. The quantitative estimate of drug-likeness (QED) is 0.822. The van der Waals surface area contributed by atoms with Crippen LogP contribution in [0.1, 0.15) is 24.3 Å². The number of rotatable bonds is 5. The Morgan fingerprint density at radius 2 is 1.92 bits per heavy atom. The molecular formula is C15H16ClF2N3O3S. The van der Waals surface area contributed by atoms with E-state index in [1.807, 2.05) is 0 Å². The SMILES string of the molecule is CC(C)NS(=O)(=O)c1cn(C)c(C(=O)Nc2ccc(F)c(Cl)c2)c1F. The van der Waals surface area contributed by atoms with Gasteiger partial charge in [0.15, 0.2) is 5.82 Å². The zero-order chi connectivity index (χ0) is 18.9. The molecule has 0 radical (unpaired) electrons. The topological polar surface area (TPSA) is 80.2 Å². The number of benzene rings is 1. The van der Waals surface area contributed by atoms with Crippen LogP contribution < -0.4 is 10.0 Å². The van der Waals surface area contributed by atoms with Crippen molar-refractivity contribution in [2.75, 3.05) is 5.32 Å². The van der Waals surface area contributed by atoms with Crippen LogP contribution in [0.15, 0.2) is 29.3 Å². The van der Waals surface area contributed by atoms with Gasteiger partial charge in [0.1, 0.15) is 16.4 Å². The fourth-order valence-corrected chi connectivity index (χ4v) is 3.71. The summed E-state index contributed by atoms with van der Waals surface area (Å²) in [6.07, 6.45) is 1.01. The van der Waals surface area contributed by atoms with Crippen molar-refractivity contribution in [2.45, 2.75) is 24.8 Å². The number of carbonyl (C=O) groups excluding carboxylic acids is 1. The maximum Gasteiger partial charge on any atom is 0.275 e. The van der Waals surface area contributed by atoms with Gasteiger partial charge in [-0.05, 0) is 32.0 Å². The summed E-state index contributed by atoms with van der Waals surface area (Å²) in [5, 5.41) is 2.13. The Labute approximate surface area is 148 Å². The number of hydrogen-bond donors (Lipinski definition) is 2. The first-order chi connectivity index (χ1) is 11.5. The zero-order valence-electron chi connectivity index (χ0n) is 13.6. The maximum atomic E-state index is 14.5. The molecule has 0 atom stereocenters. The fraction of sp³-hybridized carbons (Fsp3) is 0.267. The fourth-order valence-electron chi connectivity index (χ4n) is 2.15.